The molecule has 1 amide bonds. The van der Waals surface area contributed by atoms with Gasteiger partial charge in [-0.05, 0) is 13.0 Å². The fraction of sp³-hybridized carbons (Fsp3) is 0.438. The number of methoxy groups -OCH3 is 1. The molecule has 116 valence electrons. The highest BCUT2D eigenvalue weighted by Gasteiger charge is 2.15. The number of carbonyl (C=O) groups excluding carboxylic acids is 1. The smallest absolute Gasteiger partial charge is 0.261 e. The number of carbonyl (C=O) groups is 1. The Balaban J connectivity index is 2.57. The highest BCUT2D eigenvalue weighted by Crippen LogP contribution is 2.19. The van der Waals surface area contributed by atoms with Gasteiger partial charge in [0, 0.05) is 32.3 Å². The monoisotopic (exact) mass is 292 g/mol. The highest BCUT2D eigenvalue weighted by atomic mass is 16.5. The van der Waals surface area contributed by atoms with Crippen molar-refractivity contribution in [2.45, 2.75) is 19.6 Å². The molecule has 0 aliphatic rings. The van der Waals surface area contributed by atoms with Crippen LogP contribution in [0.15, 0.2) is 36.9 Å². The van der Waals surface area contributed by atoms with E-state index in [2.05, 4.69) is 17.2 Å². The van der Waals surface area contributed by atoms with Gasteiger partial charge in [0.05, 0.1) is 6.61 Å². The fourth-order valence-electron chi connectivity index (χ4n) is 1.72. The molecule has 1 unspecified atom stereocenters. The molecule has 0 aliphatic carbocycles. The summed E-state index contributed by atoms with van der Waals surface area (Å²) in [6.07, 6.45) is 1.09. The van der Waals surface area contributed by atoms with E-state index in [-0.39, 0.29) is 5.91 Å². The molecular weight excluding hydrogens is 268 g/mol. The molecule has 0 aliphatic heterocycles. The maximum atomic E-state index is 11.8. The summed E-state index contributed by atoms with van der Waals surface area (Å²) in [6, 6.07) is 7.68. The van der Waals surface area contributed by atoms with Gasteiger partial charge in [-0.1, -0.05) is 24.3 Å². The van der Waals surface area contributed by atoms with Crippen LogP contribution in [-0.2, 0) is 16.1 Å². The fourth-order valence-corrected chi connectivity index (χ4v) is 1.72. The molecule has 2 N–H and O–H groups in total. The molecule has 21 heavy (non-hydrogen) atoms. The second kappa shape index (κ2) is 9.96. The lowest BCUT2D eigenvalue weighted by Crippen LogP contribution is -2.36. The average molecular weight is 292 g/mol. The van der Waals surface area contributed by atoms with E-state index >= 15 is 0 Å². The van der Waals surface area contributed by atoms with Crippen molar-refractivity contribution in [1.82, 2.24) is 10.6 Å². The number of rotatable bonds is 10. The highest BCUT2D eigenvalue weighted by molar-refractivity contribution is 5.80. The molecule has 1 aromatic carbocycles. The second-order valence-electron chi connectivity index (χ2n) is 4.57. The minimum absolute atomic E-state index is 0.156. The van der Waals surface area contributed by atoms with E-state index in [1.54, 1.807) is 20.1 Å². The summed E-state index contributed by atoms with van der Waals surface area (Å²) in [5.74, 6) is 0.556. The predicted molar refractivity (Wildman–Crippen MR) is 83.3 cm³/mol. The van der Waals surface area contributed by atoms with Crippen LogP contribution in [0, 0.1) is 0 Å². The third-order valence-corrected chi connectivity index (χ3v) is 2.86. The Labute approximate surface area is 126 Å². The number of amides is 1. The van der Waals surface area contributed by atoms with Crippen molar-refractivity contribution < 1.29 is 14.3 Å². The number of benzene rings is 1. The maximum absolute atomic E-state index is 11.8. The molecule has 0 fully saturated rings. The zero-order chi connectivity index (χ0) is 15.5. The van der Waals surface area contributed by atoms with Gasteiger partial charge in [0.2, 0.25) is 0 Å². The molecule has 0 heterocycles. The minimum atomic E-state index is -0.551. The van der Waals surface area contributed by atoms with E-state index in [0.717, 1.165) is 12.1 Å². The summed E-state index contributed by atoms with van der Waals surface area (Å²) in [7, 11) is 1.67. The Hall–Kier alpha value is -1.85. The molecule has 0 spiro atoms. The van der Waals surface area contributed by atoms with Crippen molar-refractivity contribution >= 4 is 5.91 Å². The molecule has 5 nitrogen and oxygen atoms in total. The van der Waals surface area contributed by atoms with Gasteiger partial charge in [0.1, 0.15) is 5.75 Å². The van der Waals surface area contributed by atoms with E-state index in [1.165, 1.54) is 0 Å². The van der Waals surface area contributed by atoms with Gasteiger partial charge in [0.25, 0.3) is 5.91 Å². The van der Waals surface area contributed by atoms with Crippen molar-refractivity contribution in [1.29, 1.82) is 0 Å². The van der Waals surface area contributed by atoms with E-state index in [4.69, 9.17) is 9.47 Å². The van der Waals surface area contributed by atoms with E-state index < -0.39 is 6.10 Å². The van der Waals surface area contributed by atoms with Crippen molar-refractivity contribution in [3.8, 4) is 5.75 Å². The average Bonchev–Trinajstić information content (AvgIpc) is 2.50. The van der Waals surface area contributed by atoms with Gasteiger partial charge in [-0.2, -0.15) is 0 Å². The Bertz CT molecular complexity index is 449. The normalized spacial score (nSPS) is 11.7. The minimum Gasteiger partial charge on any atom is -0.481 e. The lowest BCUT2D eigenvalue weighted by molar-refractivity contribution is -0.127. The summed E-state index contributed by atoms with van der Waals surface area (Å²) < 4.78 is 10.7. The number of nitrogens with one attached hydrogen (secondary N) is 2. The van der Waals surface area contributed by atoms with Crippen molar-refractivity contribution in [3.63, 3.8) is 0 Å². The van der Waals surface area contributed by atoms with Crippen molar-refractivity contribution in [2.75, 3.05) is 26.8 Å². The number of hydrogen-bond acceptors (Lipinski definition) is 4. The molecule has 0 bridgehead atoms. The molecule has 0 saturated carbocycles. The first kappa shape index (κ1) is 17.2. The summed E-state index contributed by atoms with van der Waals surface area (Å²) in [6.45, 7) is 7.82. The largest absolute Gasteiger partial charge is 0.481 e. The second-order valence-corrected chi connectivity index (χ2v) is 4.57. The van der Waals surface area contributed by atoms with Crippen LogP contribution in [0.25, 0.3) is 0 Å². The van der Waals surface area contributed by atoms with Crippen molar-refractivity contribution in [3.05, 3.63) is 42.5 Å². The molecule has 1 rings (SSSR count). The summed E-state index contributed by atoms with van der Waals surface area (Å²) in [5.41, 5.74) is 1.01. The van der Waals surface area contributed by atoms with Gasteiger partial charge in [0.15, 0.2) is 6.10 Å². The Morgan fingerprint density at radius 2 is 2.19 bits per heavy atom. The molecule has 0 saturated heterocycles. The summed E-state index contributed by atoms with van der Waals surface area (Å²) in [5, 5.41) is 5.98. The van der Waals surface area contributed by atoms with Crippen LogP contribution in [0.4, 0.5) is 0 Å². The summed E-state index contributed by atoms with van der Waals surface area (Å²) >= 11 is 0. The molecular formula is C16H24N2O3. The Morgan fingerprint density at radius 1 is 1.43 bits per heavy atom. The van der Waals surface area contributed by atoms with Crippen molar-refractivity contribution in [2.24, 2.45) is 0 Å². The van der Waals surface area contributed by atoms with Gasteiger partial charge >= 0.3 is 0 Å². The lowest BCUT2D eigenvalue weighted by atomic mass is 10.2. The van der Waals surface area contributed by atoms with Gasteiger partial charge in [-0.25, -0.2) is 0 Å². The third-order valence-electron chi connectivity index (χ3n) is 2.86. The van der Waals surface area contributed by atoms with Crippen LogP contribution in [0.3, 0.4) is 0 Å². The van der Waals surface area contributed by atoms with Crippen LogP contribution >= 0.6 is 0 Å². The van der Waals surface area contributed by atoms with Gasteiger partial charge in [-0.15, -0.1) is 6.58 Å². The zero-order valence-electron chi connectivity index (χ0n) is 12.7. The SMILES string of the molecule is C=CCNC(=O)C(C)Oc1ccccc1CNCCOC. The van der Waals surface area contributed by atoms with Crippen LogP contribution in [0.5, 0.6) is 5.75 Å². The van der Waals surface area contributed by atoms with Crippen LogP contribution < -0.4 is 15.4 Å². The number of para-hydroxylation sites is 1. The van der Waals surface area contributed by atoms with Crippen LogP contribution in [0.1, 0.15) is 12.5 Å². The zero-order valence-corrected chi connectivity index (χ0v) is 12.7. The molecule has 0 radical (unpaired) electrons. The molecule has 5 heteroatoms. The maximum Gasteiger partial charge on any atom is 0.261 e. The summed E-state index contributed by atoms with van der Waals surface area (Å²) in [4.78, 5) is 11.8. The lowest BCUT2D eigenvalue weighted by Gasteiger charge is -2.17. The third kappa shape index (κ3) is 6.42. The predicted octanol–water partition coefficient (Wildman–Crippen LogP) is 1.49. The quantitative estimate of drug-likeness (QED) is 0.507. The first-order valence-electron chi connectivity index (χ1n) is 7.01. The molecule has 1 aromatic rings. The van der Waals surface area contributed by atoms with E-state index in [0.29, 0.717) is 25.4 Å². The Kier molecular flexibility index (Phi) is 8.16. The number of hydrogen-bond donors (Lipinski definition) is 2. The first-order valence-corrected chi connectivity index (χ1v) is 7.01. The standard InChI is InChI=1S/C16H24N2O3/c1-4-9-18-16(19)13(2)21-15-8-6-5-7-14(15)12-17-10-11-20-3/h4-8,13,17H,1,9-12H2,2-3H3,(H,18,19). The first-order chi connectivity index (χ1) is 10.2. The van der Waals surface area contributed by atoms with E-state index in [9.17, 15) is 4.79 Å². The van der Waals surface area contributed by atoms with Gasteiger partial charge < -0.3 is 20.1 Å². The molecule has 1 atom stereocenters. The molecule has 0 aromatic heterocycles. The van der Waals surface area contributed by atoms with Crippen LogP contribution in [0.2, 0.25) is 0 Å². The van der Waals surface area contributed by atoms with Crippen LogP contribution in [-0.4, -0.2) is 38.8 Å². The van der Waals surface area contributed by atoms with E-state index in [1.807, 2.05) is 24.3 Å². The topological polar surface area (TPSA) is 59.6 Å². The Morgan fingerprint density at radius 3 is 2.90 bits per heavy atom. The van der Waals surface area contributed by atoms with Gasteiger partial charge in [-0.3, -0.25) is 4.79 Å². The number of ether oxygens (including phenoxy) is 2.